The maximum atomic E-state index is 12.8. The smallest absolute Gasteiger partial charge is 0.350 e. The molecular formula is C19H20F3N3O3. The molecule has 0 bridgehead atoms. The van der Waals surface area contributed by atoms with Gasteiger partial charge in [0.2, 0.25) is 0 Å². The maximum Gasteiger partial charge on any atom is 0.435 e. The Morgan fingerprint density at radius 3 is 2.46 bits per heavy atom. The lowest BCUT2D eigenvalue weighted by molar-refractivity contribution is -0.141. The van der Waals surface area contributed by atoms with Gasteiger partial charge in [0.25, 0.3) is 5.91 Å². The van der Waals surface area contributed by atoms with E-state index in [9.17, 15) is 18.0 Å². The first-order valence-corrected chi connectivity index (χ1v) is 9.17. The SMILES string of the molecule is O=C(c1ccc(-n2ccc(C(F)(F)F)n2)cc1)N1CCCC(C2OCCO2)C1. The largest absolute Gasteiger partial charge is 0.435 e. The fraction of sp³-hybridized carbons (Fsp3) is 0.474. The van der Waals surface area contributed by atoms with Crippen molar-refractivity contribution in [3.63, 3.8) is 0 Å². The average molecular weight is 395 g/mol. The normalized spacial score (nSPS) is 21.2. The first-order chi connectivity index (χ1) is 13.4. The number of benzene rings is 1. The summed E-state index contributed by atoms with van der Waals surface area (Å²) in [6, 6.07) is 7.31. The van der Waals surface area contributed by atoms with Crippen molar-refractivity contribution in [1.29, 1.82) is 0 Å². The van der Waals surface area contributed by atoms with Gasteiger partial charge in [0.05, 0.1) is 18.9 Å². The second-order valence-corrected chi connectivity index (χ2v) is 6.95. The third-order valence-electron chi connectivity index (χ3n) is 5.04. The molecule has 2 fully saturated rings. The number of carbonyl (C=O) groups excluding carboxylic acids is 1. The number of hydrogen-bond acceptors (Lipinski definition) is 4. The molecule has 0 N–H and O–H groups in total. The number of likely N-dealkylation sites (tertiary alicyclic amines) is 1. The Morgan fingerprint density at radius 2 is 1.82 bits per heavy atom. The van der Waals surface area contributed by atoms with Crippen molar-refractivity contribution >= 4 is 5.91 Å². The quantitative estimate of drug-likeness (QED) is 0.802. The molecule has 0 aliphatic carbocycles. The summed E-state index contributed by atoms with van der Waals surface area (Å²) in [6.45, 7) is 2.40. The molecule has 1 aromatic carbocycles. The Kier molecular flexibility index (Phi) is 5.11. The lowest BCUT2D eigenvalue weighted by Crippen LogP contribution is -2.43. The van der Waals surface area contributed by atoms with Gasteiger partial charge < -0.3 is 14.4 Å². The monoisotopic (exact) mass is 395 g/mol. The summed E-state index contributed by atoms with van der Waals surface area (Å²) >= 11 is 0. The van der Waals surface area contributed by atoms with Crippen LogP contribution < -0.4 is 0 Å². The van der Waals surface area contributed by atoms with Crippen molar-refractivity contribution in [3.05, 3.63) is 47.8 Å². The van der Waals surface area contributed by atoms with E-state index < -0.39 is 11.9 Å². The summed E-state index contributed by atoms with van der Waals surface area (Å²) in [5, 5.41) is 3.54. The molecule has 1 amide bonds. The third kappa shape index (κ3) is 3.90. The van der Waals surface area contributed by atoms with Gasteiger partial charge in [0.15, 0.2) is 12.0 Å². The summed E-state index contributed by atoms with van der Waals surface area (Å²) in [4.78, 5) is 14.6. The molecular weight excluding hydrogens is 375 g/mol. The lowest BCUT2D eigenvalue weighted by atomic mass is 9.96. The molecule has 2 aliphatic heterocycles. The van der Waals surface area contributed by atoms with Gasteiger partial charge in [0.1, 0.15) is 0 Å². The summed E-state index contributed by atoms with van der Waals surface area (Å²) in [5.41, 5.74) is -0.0134. The Morgan fingerprint density at radius 1 is 1.11 bits per heavy atom. The van der Waals surface area contributed by atoms with E-state index in [1.807, 2.05) is 0 Å². The third-order valence-corrected chi connectivity index (χ3v) is 5.04. The topological polar surface area (TPSA) is 56.6 Å². The number of amides is 1. The van der Waals surface area contributed by atoms with E-state index in [-0.39, 0.29) is 18.1 Å². The summed E-state index contributed by atoms with van der Waals surface area (Å²) < 4.78 is 50.4. The van der Waals surface area contributed by atoms with Crippen LogP contribution in [0.25, 0.3) is 5.69 Å². The van der Waals surface area contributed by atoms with Crippen molar-refractivity contribution in [2.24, 2.45) is 5.92 Å². The van der Waals surface area contributed by atoms with Crippen molar-refractivity contribution in [3.8, 4) is 5.69 Å². The lowest BCUT2D eigenvalue weighted by Gasteiger charge is -2.34. The zero-order chi connectivity index (χ0) is 19.7. The predicted octanol–water partition coefficient (Wildman–Crippen LogP) is 3.12. The highest BCUT2D eigenvalue weighted by Crippen LogP contribution is 2.28. The van der Waals surface area contributed by atoms with Crippen LogP contribution in [0.5, 0.6) is 0 Å². The molecule has 4 rings (SSSR count). The Bertz CT molecular complexity index is 829. The molecule has 1 unspecified atom stereocenters. The highest BCUT2D eigenvalue weighted by molar-refractivity contribution is 5.94. The van der Waals surface area contributed by atoms with Crippen LogP contribution in [0.2, 0.25) is 0 Å². The molecule has 1 atom stereocenters. The molecule has 1 aromatic heterocycles. The predicted molar refractivity (Wildman–Crippen MR) is 92.9 cm³/mol. The van der Waals surface area contributed by atoms with E-state index in [0.717, 1.165) is 23.6 Å². The number of hydrogen-bond donors (Lipinski definition) is 0. The number of piperidine rings is 1. The minimum atomic E-state index is -4.49. The van der Waals surface area contributed by atoms with E-state index in [0.29, 0.717) is 37.6 Å². The van der Waals surface area contributed by atoms with Crippen molar-refractivity contribution < 1.29 is 27.4 Å². The number of ether oxygens (including phenoxy) is 2. The van der Waals surface area contributed by atoms with Gasteiger partial charge in [-0.15, -0.1) is 0 Å². The Balaban J connectivity index is 1.44. The fourth-order valence-corrected chi connectivity index (χ4v) is 3.62. The average Bonchev–Trinajstić information content (AvgIpc) is 3.39. The first kappa shape index (κ1) is 18.9. The van der Waals surface area contributed by atoms with Crippen molar-refractivity contribution in [1.82, 2.24) is 14.7 Å². The van der Waals surface area contributed by atoms with Crippen LogP contribution in [-0.4, -0.2) is 53.2 Å². The zero-order valence-corrected chi connectivity index (χ0v) is 15.1. The van der Waals surface area contributed by atoms with Crippen LogP contribution in [0.1, 0.15) is 28.9 Å². The fourth-order valence-electron chi connectivity index (χ4n) is 3.62. The summed E-state index contributed by atoms with van der Waals surface area (Å²) in [7, 11) is 0. The van der Waals surface area contributed by atoms with Crippen molar-refractivity contribution in [2.45, 2.75) is 25.3 Å². The molecule has 0 radical (unpaired) electrons. The second kappa shape index (κ2) is 7.56. The van der Waals surface area contributed by atoms with Gasteiger partial charge >= 0.3 is 6.18 Å². The van der Waals surface area contributed by atoms with E-state index >= 15 is 0 Å². The van der Waals surface area contributed by atoms with Crippen LogP contribution in [0.15, 0.2) is 36.5 Å². The van der Waals surface area contributed by atoms with E-state index in [1.54, 1.807) is 29.2 Å². The molecule has 2 aromatic rings. The maximum absolute atomic E-state index is 12.8. The number of halogens is 3. The number of nitrogens with zero attached hydrogens (tertiary/aromatic N) is 3. The van der Waals surface area contributed by atoms with Gasteiger partial charge in [-0.25, -0.2) is 4.68 Å². The molecule has 150 valence electrons. The Hall–Kier alpha value is -2.39. The minimum Gasteiger partial charge on any atom is -0.350 e. The van der Waals surface area contributed by atoms with Gasteiger partial charge in [-0.2, -0.15) is 18.3 Å². The molecule has 6 nitrogen and oxygen atoms in total. The van der Waals surface area contributed by atoms with Crippen LogP contribution in [0, 0.1) is 5.92 Å². The Labute approximate surface area is 159 Å². The molecule has 2 saturated heterocycles. The van der Waals surface area contributed by atoms with Crippen LogP contribution >= 0.6 is 0 Å². The number of alkyl halides is 3. The van der Waals surface area contributed by atoms with Crippen molar-refractivity contribution in [2.75, 3.05) is 26.3 Å². The summed E-state index contributed by atoms with van der Waals surface area (Å²) in [6.07, 6.45) is -1.66. The highest BCUT2D eigenvalue weighted by atomic mass is 19.4. The van der Waals surface area contributed by atoms with Crippen LogP contribution in [0.3, 0.4) is 0 Å². The number of carbonyl (C=O) groups is 1. The van der Waals surface area contributed by atoms with Gasteiger partial charge in [-0.1, -0.05) is 0 Å². The number of rotatable bonds is 3. The molecule has 9 heteroatoms. The molecule has 28 heavy (non-hydrogen) atoms. The van der Waals surface area contributed by atoms with Gasteiger partial charge in [-0.3, -0.25) is 4.79 Å². The van der Waals surface area contributed by atoms with E-state index in [4.69, 9.17) is 9.47 Å². The van der Waals surface area contributed by atoms with Gasteiger partial charge in [-0.05, 0) is 43.2 Å². The first-order valence-electron chi connectivity index (χ1n) is 9.17. The standard InChI is InChI=1S/C19H20F3N3O3/c20-19(21,22)16-7-9-25(23-16)15-5-3-13(4-6-15)17(26)24-8-1-2-14(12-24)18-27-10-11-28-18/h3-7,9,14,18H,1-2,8,10-12H2. The molecule has 0 spiro atoms. The molecule has 0 saturated carbocycles. The van der Waals surface area contributed by atoms with Gasteiger partial charge in [0, 0.05) is 30.8 Å². The number of aromatic nitrogens is 2. The zero-order valence-electron chi connectivity index (χ0n) is 15.1. The minimum absolute atomic E-state index is 0.106. The van der Waals surface area contributed by atoms with E-state index in [1.165, 1.54) is 6.20 Å². The van der Waals surface area contributed by atoms with Crippen LogP contribution in [0.4, 0.5) is 13.2 Å². The van der Waals surface area contributed by atoms with Crippen LogP contribution in [-0.2, 0) is 15.7 Å². The van der Waals surface area contributed by atoms with E-state index in [2.05, 4.69) is 5.10 Å². The summed E-state index contributed by atoms with van der Waals surface area (Å²) in [5.74, 6) is 0.0510. The molecule has 2 aliphatic rings. The highest BCUT2D eigenvalue weighted by Gasteiger charge is 2.34. The molecule has 3 heterocycles. The second-order valence-electron chi connectivity index (χ2n) is 6.95.